The van der Waals surface area contributed by atoms with Crippen LogP contribution in [0.1, 0.15) is 34.4 Å². The highest BCUT2D eigenvalue weighted by Crippen LogP contribution is 2.45. The molecule has 0 N–H and O–H groups in total. The summed E-state index contributed by atoms with van der Waals surface area (Å²) < 4.78 is 52.5. The Balaban J connectivity index is 1.05. The summed E-state index contributed by atoms with van der Waals surface area (Å²) in [6.07, 6.45) is 7.17. The minimum absolute atomic E-state index is 0.209. The Morgan fingerprint density at radius 3 is 2.42 bits per heavy atom. The van der Waals surface area contributed by atoms with Crippen LogP contribution in [-0.4, -0.2) is 78.6 Å². The van der Waals surface area contributed by atoms with Gasteiger partial charge in [0, 0.05) is 48.0 Å². The maximum Gasteiger partial charge on any atom is 0.250 e. The molecular weight excluding hydrogens is 720 g/mol. The first-order chi connectivity index (χ1) is 25.2. The second-order valence-electron chi connectivity index (χ2n) is 13.6. The van der Waals surface area contributed by atoms with Crippen molar-refractivity contribution in [2.24, 2.45) is 0 Å². The monoisotopic (exact) mass is 758 g/mol. The Hall–Kier alpha value is -3.88. The van der Waals surface area contributed by atoms with Gasteiger partial charge in [-0.1, -0.05) is 54.1 Å². The number of allylic oxidation sites excluding steroid dienone is 3. The molecule has 2 aliphatic heterocycles. The molecule has 0 spiro atoms. The number of benzene rings is 2. The fourth-order valence-electron chi connectivity index (χ4n) is 6.78. The molecule has 52 heavy (non-hydrogen) atoms. The van der Waals surface area contributed by atoms with Crippen LogP contribution < -0.4 is 4.74 Å². The van der Waals surface area contributed by atoms with Gasteiger partial charge in [-0.15, -0.1) is 11.3 Å². The molecule has 5 heterocycles. The molecule has 1 atom stereocenters. The van der Waals surface area contributed by atoms with E-state index in [4.69, 9.17) is 35.5 Å². The van der Waals surface area contributed by atoms with Crippen molar-refractivity contribution in [1.29, 1.82) is 0 Å². The van der Waals surface area contributed by atoms with Crippen LogP contribution in [0.2, 0.25) is 0 Å². The molecule has 0 radical (unpaired) electrons. The lowest BCUT2D eigenvalue weighted by molar-refractivity contribution is -0.222. The van der Waals surface area contributed by atoms with Crippen molar-refractivity contribution in [2.45, 2.75) is 36.8 Å². The summed E-state index contributed by atoms with van der Waals surface area (Å²) in [7, 11) is -2.44. The number of hydrogen-bond donors (Lipinski definition) is 0. The predicted octanol–water partition coefficient (Wildman–Crippen LogP) is 6.99. The summed E-state index contributed by atoms with van der Waals surface area (Å²) in [5.74, 6) is 0.786. The first-order valence-corrected chi connectivity index (χ1v) is 19.8. The quantitative estimate of drug-likeness (QED) is 0.141. The second-order valence-corrected chi connectivity index (χ2v) is 17.3. The normalized spacial score (nSPS) is 20.7. The van der Waals surface area contributed by atoms with Gasteiger partial charge in [0.2, 0.25) is 10.0 Å². The Morgan fingerprint density at radius 2 is 1.73 bits per heavy atom. The molecule has 3 aliphatic rings. The highest BCUT2D eigenvalue weighted by atomic mass is 35.5. The Bertz CT molecular complexity index is 2260. The van der Waals surface area contributed by atoms with Gasteiger partial charge in [-0.2, -0.15) is 0 Å². The maximum atomic E-state index is 14.8. The number of ether oxygens (including phenoxy) is 4. The molecule has 1 unspecified atom stereocenters. The van der Waals surface area contributed by atoms with Gasteiger partial charge in [-0.05, 0) is 66.4 Å². The van der Waals surface area contributed by atoms with Gasteiger partial charge >= 0.3 is 0 Å². The number of hydrogen-bond acceptors (Lipinski definition) is 10. The number of halogens is 1. The number of methoxy groups -OCH3 is 1. The molecular formula is C39H39ClN4O6S2. The van der Waals surface area contributed by atoms with E-state index in [0.717, 1.165) is 76.1 Å². The zero-order valence-electron chi connectivity index (χ0n) is 29.0. The van der Waals surface area contributed by atoms with Crippen molar-refractivity contribution < 1.29 is 27.4 Å². The Kier molecular flexibility index (Phi) is 9.58. The van der Waals surface area contributed by atoms with Gasteiger partial charge in [-0.25, -0.2) is 22.4 Å². The van der Waals surface area contributed by atoms with E-state index in [9.17, 15) is 8.42 Å². The first kappa shape index (κ1) is 35.2. The van der Waals surface area contributed by atoms with Crippen LogP contribution in [0.3, 0.4) is 0 Å². The zero-order chi connectivity index (χ0) is 35.9. The number of pyridine rings is 1. The SMILES string of the molecule is COc1ccc(COC2(c3ncc(C4=CCC(C)(S(=O)(=O)n5c(-c6ccc(CN7CCOCC7)cc6)cc6cccnc65)C=C4Cl)s3)COC2)cc1. The molecule has 1 aliphatic carbocycles. The smallest absolute Gasteiger partial charge is 0.250 e. The minimum atomic E-state index is -4.08. The highest BCUT2D eigenvalue weighted by molar-refractivity contribution is 7.91. The third-order valence-corrected chi connectivity index (χ3v) is 13.9. The van der Waals surface area contributed by atoms with Crippen molar-refractivity contribution in [3.05, 3.63) is 117 Å². The number of fused-ring (bicyclic) bond motifs is 1. The Labute approximate surface area is 312 Å². The minimum Gasteiger partial charge on any atom is -0.497 e. The number of nitrogens with zero attached hydrogens (tertiary/aromatic N) is 4. The molecule has 2 aromatic carbocycles. The third-order valence-electron chi connectivity index (χ3n) is 10.0. The standard InChI is InChI=1S/C39H39ClN4O6S2/c1-38(14-13-32(33(40)21-38)35-22-42-37(51-35)39(25-49-26-39)50-24-28-7-11-31(47-2)12-8-28)52(45,46)44-34(20-30-4-3-15-41-36(30)44)29-9-5-27(6-10-29)23-43-16-18-48-19-17-43/h3-13,15,20-22H,14,16-19,23-26H2,1-2H3. The number of thiazole rings is 1. The van der Waals surface area contributed by atoms with Crippen molar-refractivity contribution in [2.75, 3.05) is 46.6 Å². The second kappa shape index (κ2) is 14.2. The van der Waals surface area contributed by atoms with Crippen molar-refractivity contribution >= 4 is 49.6 Å². The molecule has 8 rings (SSSR count). The van der Waals surface area contributed by atoms with Crippen molar-refractivity contribution in [1.82, 2.24) is 18.8 Å². The molecule has 2 saturated heterocycles. The largest absolute Gasteiger partial charge is 0.497 e. The molecule has 0 saturated carbocycles. The third kappa shape index (κ3) is 6.51. The van der Waals surface area contributed by atoms with Crippen molar-refractivity contribution in [3.63, 3.8) is 0 Å². The van der Waals surface area contributed by atoms with Crippen LogP contribution in [0, 0.1) is 0 Å². The van der Waals surface area contributed by atoms with E-state index < -0.39 is 20.4 Å². The summed E-state index contributed by atoms with van der Waals surface area (Å²) in [6.45, 7) is 6.97. The lowest BCUT2D eigenvalue weighted by atomic mass is 9.97. The summed E-state index contributed by atoms with van der Waals surface area (Å²) >= 11 is 8.47. The summed E-state index contributed by atoms with van der Waals surface area (Å²) in [6, 6.07) is 21.5. The van der Waals surface area contributed by atoms with Gasteiger partial charge in [0.15, 0.2) is 11.2 Å². The number of morpholine rings is 1. The van der Waals surface area contributed by atoms with E-state index in [1.165, 1.54) is 15.3 Å². The van der Waals surface area contributed by atoms with Crippen LogP contribution >= 0.6 is 22.9 Å². The van der Waals surface area contributed by atoms with Gasteiger partial charge in [0.25, 0.3) is 0 Å². The van der Waals surface area contributed by atoms with E-state index in [0.29, 0.717) is 36.2 Å². The lowest BCUT2D eigenvalue weighted by Gasteiger charge is -2.39. The van der Waals surface area contributed by atoms with Crippen LogP contribution in [0.15, 0.2) is 96.3 Å². The fourth-order valence-corrected chi connectivity index (χ4v) is 10.2. The molecule has 10 nitrogen and oxygen atoms in total. The van der Waals surface area contributed by atoms with E-state index in [-0.39, 0.29) is 6.42 Å². The van der Waals surface area contributed by atoms with Crippen LogP contribution in [0.25, 0.3) is 27.9 Å². The van der Waals surface area contributed by atoms with E-state index >= 15 is 0 Å². The summed E-state index contributed by atoms with van der Waals surface area (Å²) in [4.78, 5) is 12.5. The molecule has 270 valence electrons. The van der Waals surface area contributed by atoms with Gasteiger partial charge < -0.3 is 18.9 Å². The van der Waals surface area contributed by atoms with Gasteiger partial charge in [0.05, 0.1) is 50.7 Å². The maximum absolute atomic E-state index is 14.8. The average Bonchev–Trinajstić information content (AvgIpc) is 3.79. The number of aromatic nitrogens is 3. The topological polar surface area (TPSA) is 105 Å². The Morgan fingerprint density at radius 1 is 0.981 bits per heavy atom. The molecule has 3 aromatic heterocycles. The predicted molar refractivity (Wildman–Crippen MR) is 203 cm³/mol. The number of rotatable bonds is 11. The van der Waals surface area contributed by atoms with Gasteiger partial charge in [0.1, 0.15) is 15.5 Å². The van der Waals surface area contributed by atoms with Crippen LogP contribution in [-0.2, 0) is 43.0 Å². The molecule has 13 heteroatoms. The van der Waals surface area contributed by atoms with Crippen LogP contribution in [0.4, 0.5) is 0 Å². The van der Waals surface area contributed by atoms with Crippen LogP contribution in [0.5, 0.6) is 5.75 Å². The molecule has 5 aromatic rings. The highest BCUT2D eigenvalue weighted by Gasteiger charge is 2.46. The molecule has 0 bridgehead atoms. The van der Waals surface area contributed by atoms with Crippen molar-refractivity contribution in [3.8, 4) is 17.0 Å². The average molecular weight is 759 g/mol. The fraction of sp³-hybridized carbons (Fsp3) is 0.333. The summed E-state index contributed by atoms with van der Waals surface area (Å²) in [5.41, 5.74) is 3.98. The summed E-state index contributed by atoms with van der Waals surface area (Å²) in [5, 5.41) is 1.88. The molecule has 2 fully saturated rings. The molecule has 0 amide bonds. The zero-order valence-corrected chi connectivity index (χ0v) is 31.3. The van der Waals surface area contributed by atoms with E-state index in [1.807, 2.05) is 60.7 Å². The van der Waals surface area contributed by atoms with E-state index in [1.54, 1.807) is 32.5 Å². The van der Waals surface area contributed by atoms with E-state index in [2.05, 4.69) is 22.0 Å². The lowest BCUT2D eigenvalue weighted by Crippen LogP contribution is -2.48. The van der Waals surface area contributed by atoms with Gasteiger partial charge in [-0.3, -0.25) is 4.90 Å². The first-order valence-electron chi connectivity index (χ1n) is 17.2.